The normalized spacial score (nSPS) is 16.4. The Morgan fingerprint density at radius 2 is 1.93 bits per heavy atom. The summed E-state index contributed by atoms with van der Waals surface area (Å²) in [5.74, 6) is 2.03. The largest absolute Gasteiger partial charge is 0.382 e. The molecule has 8 heteroatoms. The molecule has 0 spiro atoms. The van der Waals surface area contributed by atoms with Gasteiger partial charge in [-0.05, 0) is 42.0 Å². The van der Waals surface area contributed by atoms with Crippen LogP contribution in [0.15, 0.2) is 54.7 Å². The van der Waals surface area contributed by atoms with Crippen molar-refractivity contribution in [3.8, 4) is 11.8 Å². The lowest BCUT2D eigenvalue weighted by atomic mass is 10.0. The van der Waals surface area contributed by atoms with Gasteiger partial charge in [0.1, 0.15) is 17.5 Å². The number of nitrogen functional groups attached to an aromatic ring is 1. The fraction of sp³-hybridized carbons (Fsp3) is 0.190. The number of anilines is 1. The van der Waals surface area contributed by atoms with Gasteiger partial charge in [-0.1, -0.05) is 23.7 Å². The Labute approximate surface area is 177 Å². The predicted molar refractivity (Wildman–Crippen MR) is 115 cm³/mol. The topological polar surface area (TPSA) is 87.9 Å². The first-order chi connectivity index (χ1) is 14.1. The monoisotopic (exact) mass is 423 g/mol. The summed E-state index contributed by atoms with van der Waals surface area (Å²) >= 11 is 7.86. The first kappa shape index (κ1) is 19.4. The van der Waals surface area contributed by atoms with Gasteiger partial charge in [0.05, 0.1) is 17.9 Å². The van der Waals surface area contributed by atoms with E-state index in [4.69, 9.17) is 22.6 Å². The Morgan fingerprint density at radius 1 is 1.21 bits per heavy atom. The Bertz CT molecular complexity index is 1070. The lowest BCUT2D eigenvalue weighted by molar-refractivity contribution is 0.0701. The highest BCUT2D eigenvalue weighted by atomic mass is 35.5. The second-order valence-electron chi connectivity index (χ2n) is 6.65. The quantitative estimate of drug-likeness (QED) is 0.690. The second kappa shape index (κ2) is 8.19. The fourth-order valence-corrected chi connectivity index (χ4v) is 4.58. The van der Waals surface area contributed by atoms with E-state index in [2.05, 4.69) is 5.10 Å². The molecule has 4 rings (SSSR count). The zero-order valence-electron chi connectivity index (χ0n) is 15.5. The Balaban J connectivity index is 1.58. The molecule has 6 nitrogen and oxygen atoms in total. The molecule has 1 fully saturated rings. The summed E-state index contributed by atoms with van der Waals surface area (Å²) in [6.07, 6.45) is 1.43. The van der Waals surface area contributed by atoms with Crippen LogP contribution in [0.2, 0.25) is 5.02 Å². The number of aromatic nitrogens is 2. The van der Waals surface area contributed by atoms with Crippen LogP contribution in [0, 0.1) is 11.3 Å². The number of thioether (sulfide) groups is 1. The second-order valence-corrected chi connectivity index (χ2v) is 8.24. The summed E-state index contributed by atoms with van der Waals surface area (Å²) in [6.45, 7) is 0.691. The number of carbonyl (C=O) groups is 1. The van der Waals surface area contributed by atoms with Gasteiger partial charge in [-0.3, -0.25) is 4.79 Å². The molecule has 1 amide bonds. The van der Waals surface area contributed by atoms with Gasteiger partial charge in [0.2, 0.25) is 0 Å². The van der Waals surface area contributed by atoms with Crippen molar-refractivity contribution in [1.29, 1.82) is 5.26 Å². The molecule has 0 aliphatic carbocycles. The molecule has 146 valence electrons. The Hall–Kier alpha value is -2.95. The van der Waals surface area contributed by atoms with E-state index in [1.807, 2.05) is 47.0 Å². The Morgan fingerprint density at radius 3 is 2.59 bits per heavy atom. The molecule has 1 aromatic heterocycles. The molecule has 0 bridgehead atoms. The maximum Gasteiger partial charge on any atom is 0.254 e. The van der Waals surface area contributed by atoms with Crippen molar-refractivity contribution in [3.05, 3.63) is 76.4 Å². The molecular weight excluding hydrogens is 406 g/mol. The highest BCUT2D eigenvalue weighted by Gasteiger charge is 2.29. The summed E-state index contributed by atoms with van der Waals surface area (Å²) in [5.41, 5.74) is 8.65. The average Bonchev–Trinajstić information content (AvgIpc) is 3.14. The number of benzene rings is 2. The van der Waals surface area contributed by atoms with E-state index in [1.165, 1.54) is 10.9 Å². The van der Waals surface area contributed by atoms with Crippen LogP contribution in [0.1, 0.15) is 27.5 Å². The number of rotatable bonds is 3. The van der Waals surface area contributed by atoms with Crippen molar-refractivity contribution >= 4 is 35.1 Å². The lowest BCUT2D eigenvalue weighted by Crippen LogP contribution is -2.40. The minimum Gasteiger partial charge on any atom is -0.382 e. The van der Waals surface area contributed by atoms with Gasteiger partial charge < -0.3 is 10.6 Å². The zero-order chi connectivity index (χ0) is 20.4. The summed E-state index contributed by atoms with van der Waals surface area (Å²) < 4.78 is 1.49. The zero-order valence-corrected chi connectivity index (χ0v) is 17.0. The number of amides is 1. The highest BCUT2D eigenvalue weighted by molar-refractivity contribution is 7.99. The third kappa shape index (κ3) is 3.82. The molecule has 2 heterocycles. The number of nitriles is 1. The molecule has 2 N–H and O–H groups in total. The van der Waals surface area contributed by atoms with E-state index in [0.717, 1.165) is 17.1 Å². The van der Waals surface area contributed by atoms with Gasteiger partial charge in [0.15, 0.2) is 0 Å². The van der Waals surface area contributed by atoms with Crippen molar-refractivity contribution in [1.82, 2.24) is 14.7 Å². The maximum atomic E-state index is 13.2. The molecule has 0 saturated carbocycles. The number of hydrogen-bond acceptors (Lipinski definition) is 5. The van der Waals surface area contributed by atoms with Gasteiger partial charge in [0.25, 0.3) is 5.91 Å². The molecule has 1 atom stereocenters. The van der Waals surface area contributed by atoms with E-state index in [0.29, 0.717) is 28.4 Å². The molecule has 1 unspecified atom stereocenters. The van der Waals surface area contributed by atoms with Crippen LogP contribution in [0.3, 0.4) is 0 Å². The molecule has 2 aromatic carbocycles. The average molecular weight is 424 g/mol. The highest BCUT2D eigenvalue weighted by Crippen LogP contribution is 2.31. The van der Waals surface area contributed by atoms with Crippen molar-refractivity contribution in [3.63, 3.8) is 0 Å². The van der Waals surface area contributed by atoms with Crippen LogP contribution in [0.5, 0.6) is 0 Å². The van der Waals surface area contributed by atoms with Crippen LogP contribution >= 0.6 is 23.4 Å². The first-order valence-electron chi connectivity index (χ1n) is 9.06. The van der Waals surface area contributed by atoms with E-state index in [9.17, 15) is 4.79 Å². The van der Waals surface area contributed by atoms with Gasteiger partial charge in [0, 0.05) is 28.6 Å². The predicted octanol–water partition coefficient (Wildman–Crippen LogP) is 3.91. The van der Waals surface area contributed by atoms with Gasteiger partial charge in [-0.2, -0.15) is 22.1 Å². The molecule has 3 aromatic rings. The minimum absolute atomic E-state index is 0.0112. The number of nitrogens with zero attached hydrogens (tertiary/aromatic N) is 4. The van der Waals surface area contributed by atoms with Crippen LogP contribution in [-0.2, 0) is 0 Å². The molecule has 1 aliphatic rings. The van der Waals surface area contributed by atoms with Gasteiger partial charge >= 0.3 is 0 Å². The molecule has 1 aliphatic heterocycles. The SMILES string of the molecule is N#Cc1cnn(-c2ccc(C(=O)N3CCSCC3c3ccc(Cl)cc3)cc2)c1N. The van der Waals surface area contributed by atoms with Gasteiger partial charge in [-0.15, -0.1) is 0 Å². The summed E-state index contributed by atoms with van der Waals surface area (Å²) in [7, 11) is 0. The van der Waals surface area contributed by atoms with E-state index in [1.54, 1.807) is 24.3 Å². The molecule has 1 saturated heterocycles. The standard InChI is InChI=1S/C21H18ClN5OS/c22-17-5-1-14(2-6-17)19-13-29-10-9-26(19)21(28)15-3-7-18(8-4-15)27-20(24)16(11-23)12-25-27/h1-8,12,19H,9-10,13,24H2. The molecule has 0 radical (unpaired) electrons. The van der Waals surface area contributed by atoms with Crippen molar-refractivity contribution in [2.24, 2.45) is 0 Å². The smallest absolute Gasteiger partial charge is 0.254 e. The molecule has 29 heavy (non-hydrogen) atoms. The van der Waals surface area contributed by atoms with Crippen molar-refractivity contribution < 1.29 is 4.79 Å². The van der Waals surface area contributed by atoms with Crippen LogP contribution in [0.25, 0.3) is 5.69 Å². The summed E-state index contributed by atoms with van der Waals surface area (Å²) in [5, 5.41) is 13.9. The van der Waals surface area contributed by atoms with E-state index >= 15 is 0 Å². The third-order valence-corrected chi connectivity index (χ3v) is 6.20. The van der Waals surface area contributed by atoms with E-state index < -0.39 is 0 Å². The van der Waals surface area contributed by atoms with Crippen molar-refractivity contribution in [2.45, 2.75) is 6.04 Å². The third-order valence-electron chi connectivity index (χ3n) is 4.93. The fourth-order valence-electron chi connectivity index (χ4n) is 3.37. The van der Waals surface area contributed by atoms with Crippen LogP contribution < -0.4 is 5.73 Å². The van der Waals surface area contributed by atoms with Gasteiger partial charge in [-0.25, -0.2) is 4.68 Å². The molecular formula is C21H18ClN5OS. The maximum absolute atomic E-state index is 13.2. The minimum atomic E-state index is -0.0112. The number of halogens is 1. The number of hydrogen-bond donors (Lipinski definition) is 1. The lowest BCUT2D eigenvalue weighted by Gasteiger charge is -2.36. The first-order valence-corrected chi connectivity index (χ1v) is 10.6. The summed E-state index contributed by atoms with van der Waals surface area (Å²) in [4.78, 5) is 15.1. The number of nitrogens with two attached hydrogens (primary N) is 1. The van der Waals surface area contributed by atoms with Crippen LogP contribution in [-0.4, -0.2) is 38.6 Å². The van der Waals surface area contributed by atoms with E-state index in [-0.39, 0.29) is 17.8 Å². The Kier molecular flexibility index (Phi) is 5.47. The van der Waals surface area contributed by atoms with Crippen molar-refractivity contribution in [2.75, 3.05) is 23.8 Å². The summed E-state index contributed by atoms with van der Waals surface area (Å²) in [6, 6.07) is 16.8. The van der Waals surface area contributed by atoms with Crippen LogP contribution in [0.4, 0.5) is 5.82 Å². The number of carbonyl (C=O) groups excluding carboxylic acids is 1.